The number of nitrogens with zero attached hydrogens (tertiary/aromatic N) is 2. The smallest absolute Gasteiger partial charge is 0.355 e. The van der Waals surface area contributed by atoms with Crippen LogP contribution in [0.15, 0.2) is 48.1 Å². The van der Waals surface area contributed by atoms with Crippen LogP contribution in [0.25, 0.3) is 11.0 Å². The van der Waals surface area contributed by atoms with Gasteiger partial charge in [-0.05, 0) is 43.2 Å². The Bertz CT molecular complexity index is 982. The van der Waals surface area contributed by atoms with Crippen LogP contribution in [0.5, 0.6) is 0 Å². The second kappa shape index (κ2) is 6.87. The number of carbonyl (C=O) groups excluding carboxylic acids is 2. The molecule has 1 aromatic heterocycles. The number of methoxy groups -OCH3 is 2. The van der Waals surface area contributed by atoms with Gasteiger partial charge in [-0.3, -0.25) is 0 Å². The number of nitrogens with one attached hydrogen (secondary N) is 1. The highest BCUT2D eigenvalue weighted by Gasteiger charge is 2.28. The largest absolute Gasteiger partial charge is 0.465 e. The molecule has 0 saturated heterocycles. The van der Waals surface area contributed by atoms with E-state index >= 15 is 0 Å². The van der Waals surface area contributed by atoms with Crippen LogP contribution in [0.2, 0.25) is 0 Å². The van der Waals surface area contributed by atoms with Crippen molar-refractivity contribution in [2.45, 2.75) is 13.8 Å². The minimum absolute atomic E-state index is 0.0886. The van der Waals surface area contributed by atoms with E-state index in [1.165, 1.54) is 20.3 Å². The van der Waals surface area contributed by atoms with Crippen molar-refractivity contribution in [2.75, 3.05) is 19.1 Å². The zero-order chi connectivity index (χ0) is 18.8. The Morgan fingerprint density at radius 2 is 1.81 bits per heavy atom. The van der Waals surface area contributed by atoms with Gasteiger partial charge in [0.1, 0.15) is 5.70 Å². The third kappa shape index (κ3) is 2.77. The zero-order valence-electron chi connectivity index (χ0n) is 15.0. The summed E-state index contributed by atoms with van der Waals surface area (Å²) in [6, 6.07) is 1.89. The van der Waals surface area contributed by atoms with Crippen molar-refractivity contribution in [1.29, 1.82) is 0 Å². The van der Waals surface area contributed by atoms with Crippen molar-refractivity contribution in [3.05, 3.63) is 59.2 Å². The van der Waals surface area contributed by atoms with Crippen LogP contribution in [-0.4, -0.2) is 36.1 Å². The Morgan fingerprint density at radius 3 is 2.50 bits per heavy atom. The molecule has 1 aromatic carbocycles. The number of H-pyrrole nitrogens is 1. The molecule has 0 unspecified atom stereocenters. The van der Waals surface area contributed by atoms with E-state index in [0.717, 1.165) is 27.8 Å². The Balaban J connectivity index is 2.29. The normalized spacial score (nSPS) is 13.9. The fourth-order valence-corrected chi connectivity index (χ4v) is 2.93. The maximum absolute atomic E-state index is 12.5. The van der Waals surface area contributed by atoms with Crippen LogP contribution in [-0.2, 0) is 19.1 Å². The quantitative estimate of drug-likeness (QED) is 0.854. The van der Waals surface area contributed by atoms with Gasteiger partial charge >= 0.3 is 11.9 Å². The van der Waals surface area contributed by atoms with Crippen molar-refractivity contribution in [1.82, 2.24) is 9.97 Å². The highest BCUT2D eigenvalue weighted by molar-refractivity contribution is 6.06. The number of aromatic amines is 1. The molecule has 7 heteroatoms. The Morgan fingerprint density at radius 1 is 1.08 bits per heavy atom. The Kier molecular flexibility index (Phi) is 4.62. The lowest BCUT2D eigenvalue weighted by atomic mass is 10.0. The number of aromatic nitrogens is 2. The molecule has 0 aliphatic carbocycles. The number of ether oxygens (including phenoxy) is 2. The van der Waals surface area contributed by atoms with Crippen LogP contribution in [0, 0.1) is 13.8 Å². The summed E-state index contributed by atoms with van der Waals surface area (Å²) in [5, 5.41) is 0. The fourth-order valence-electron chi connectivity index (χ4n) is 2.93. The first-order chi connectivity index (χ1) is 12.5. The van der Waals surface area contributed by atoms with E-state index in [1.54, 1.807) is 29.6 Å². The summed E-state index contributed by atoms with van der Waals surface area (Å²) < 4.78 is 9.77. The number of esters is 2. The molecule has 0 radical (unpaired) electrons. The molecule has 1 aliphatic rings. The van der Waals surface area contributed by atoms with Crippen molar-refractivity contribution in [3.63, 3.8) is 0 Å². The molecule has 0 fully saturated rings. The first-order valence-corrected chi connectivity index (χ1v) is 7.97. The van der Waals surface area contributed by atoms with Gasteiger partial charge in [-0.2, -0.15) is 0 Å². The summed E-state index contributed by atoms with van der Waals surface area (Å²) in [4.78, 5) is 33.8. The lowest BCUT2D eigenvalue weighted by Crippen LogP contribution is -2.27. The summed E-state index contributed by atoms with van der Waals surface area (Å²) in [6.07, 6.45) is 8.28. The van der Waals surface area contributed by atoms with Crippen LogP contribution >= 0.6 is 0 Å². The number of carbonyl (C=O) groups is 2. The minimum atomic E-state index is -0.636. The van der Waals surface area contributed by atoms with Gasteiger partial charge in [0.05, 0.1) is 42.8 Å². The zero-order valence-corrected chi connectivity index (χ0v) is 15.0. The second-order valence-electron chi connectivity index (χ2n) is 5.76. The number of aryl methyl sites for hydroxylation is 1. The molecule has 3 rings (SSSR count). The van der Waals surface area contributed by atoms with Crippen molar-refractivity contribution in [2.24, 2.45) is 0 Å². The van der Waals surface area contributed by atoms with Crippen molar-refractivity contribution < 1.29 is 19.1 Å². The van der Waals surface area contributed by atoms with E-state index in [2.05, 4.69) is 9.97 Å². The predicted molar refractivity (Wildman–Crippen MR) is 97.4 cm³/mol. The SMILES string of the molecule is COC(=O)C1=C(C(=O)OC)N(c2cc3[nH]cnc3c(C)c2C)C=CC=C1. The molecule has 0 saturated carbocycles. The lowest BCUT2D eigenvalue weighted by molar-refractivity contribution is -0.139. The highest BCUT2D eigenvalue weighted by atomic mass is 16.5. The average Bonchev–Trinajstić information content (AvgIpc) is 3.01. The van der Waals surface area contributed by atoms with Crippen LogP contribution in [0.1, 0.15) is 11.1 Å². The standard InChI is InChI=1S/C19H19N3O4/c1-11-12(2)16-14(20-10-21-16)9-15(11)22-8-6-5-7-13(18(23)25-3)17(22)19(24)26-4/h5-10H,1-4H3,(H,20,21). The molecule has 0 atom stereocenters. The third-order valence-corrected chi connectivity index (χ3v) is 4.40. The van der Waals surface area contributed by atoms with E-state index in [1.807, 2.05) is 19.9 Å². The van der Waals surface area contributed by atoms with Gasteiger partial charge in [0.15, 0.2) is 0 Å². The van der Waals surface area contributed by atoms with Gasteiger partial charge in [-0.1, -0.05) is 6.08 Å². The van der Waals surface area contributed by atoms with Crippen LogP contribution in [0.4, 0.5) is 5.69 Å². The number of imidazole rings is 1. The van der Waals surface area contributed by atoms with Crippen molar-refractivity contribution >= 4 is 28.7 Å². The molecule has 134 valence electrons. The Labute approximate surface area is 150 Å². The van der Waals surface area contributed by atoms with Gasteiger partial charge in [-0.15, -0.1) is 0 Å². The first kappa shape index (κ1) is 17.5. The first-order valence-electron chi connectivity index (χ1n) is 7.97. The molecule has 0 spiro atoms. The van der Waals surface area contributed by atoms with Gasteiger partial charge in [0.25, 0.3) is 0 Å². The topological polar surface area (TPSA) is 84.5 Å². The Hall–Kier alpha value is -3.35. The lowest BCUT2D eigenvalue weighted by Gasteiger charge is -2.25. The molecule has 26 heavy (non-hydrogen) atoms. The maximum Gasteiger partial charge on any atom is 0.355 e. The minimum Gasteiger partial charge on any atom is -0.465 e. The summed E-state index contributed by atoms with van der Waals surface area (Å²) in [5.41, 5.74) is 4.55. The van der Waals surface area contributed by atoms with Crippen molar-refractivity contribution in [3.8, 4) is 0 Å². The number of hydrogen-bond donors (Lipinski definition) is 1. The molecule has 2 heterocycles. The fraction of sp³-hybridized carbons (Fsp3) is 0.211. The monoisotopic (exact) mass is 353 g/mol. The number of anilines is 1. The third-order valence-electron chi connectivity index (χ3n) is 4.40. The molecule has 0 bridgehead atoms. The van der Waals surface area contributed by atoms with Gasteiger partial charge in [-0.25, -0.2) is 14.6 Å². The molecule has 1 N–H and O–H groups in total. The number of allylic oxidation sites excluding steroid dienone is 2. The van der Waals surface area contributed by atoms with E-state index in [-0.39, 0.29) is 11.3 Å². The summed E-state index contributed by atoms with van der Waals surface area (Å²) >= 11 is 0. The molecule has 7 nitrogen and oxygen atoms in total. The second-order valence-corrected chi connectivity index (χ2v) is 5.76. The van der Waals surface area contributed by atoms with Gasteiger partial charge in [0, 0.05) is 6.20 Å². The number of benzene rings is 1. The maximum atomic E-state index is 12.5. The molecular weight excluding hydrogens is 334 g/mol. The summed E-state index contributed by atoms with van der Waals surface area (Å²) in [7, 11) is 2.55. The predicted octanol–water partition coefficient (Wildman–Crippen LogP) is 2.67. The molecular formula is C19H19N3O4. The van der Waals surface area contributed by atoms with Crippen LogP contribution < -0.4 is 4.90 Å². The number of fused-ring (bicyclic) bond motifs is 1. The van der Waals surface area contributed by atoms with Gasteiger partial charge in [0.2, 0.25) is 0 Å². The summed E-state index contributed by atoms with van der Waals surface area (Å²) in [6.45, 7) is 3.90. The molecule has 0 amide bonds. The van der Waals surface area contributed by atoms with E-state index in [0.29, 0.717) is 0 Å². The highest BCUT2D eigenvalue weighted by Crippen LogP contribution is 2.33. The number of hydrogen-bond acceptors (Lipinski definition) is 6. The van der Waals surface area contributed by atoms with E-state index in [9.17, 15) is 9.59 Å². The van der Waals surface area contributed by atoms with Gasteiger partial charge < -0.3 is 19.4 Å². The van der Waals surface area contributed by atoms with Crippen LogP contribution in [0.3, 0.4) is 0 Å². The van der Waals surface area contributed by atoms with E-state index in [4.69, 9.17) is 9.47 Å². The molecule has 2 aromatic rings. The molecule has 1 aliphatic heterocycles. The number of rotatable bonds is 3. The average molecular weight is 353 g/mol. The summed E-state index contributed by atoms with van der Waals surface area (Å²) in [5.74, 6) is -1.25. The van der Waals surface area contributed by atoms with E-state index < -0.39 is 11.9 Å².